The van der Waals surface area contributed by atoms with E-state index in [4.69, 9.17) is 56.4 Å². The fourth-order valence-electron chi connectivity index (χ4n) is 8.79. The van der Waals surface area contributed by atoms with E-state index in [1.54, 1.807) is 0 Å². The molecule has 15 heteroatoms. The Morgan fingerprint density at radius 3 is 0.986 bits per heavy atom. The van der Waals surface area contributed by atoms with E-state index in [0.29, 0.717) is 22.3 Å². The third kappa shape index (κ3) is 13.0. The van der Waals surface area contributed by atoms with E-state index in [9.17, 15) is 30.0 Å². The first kappa shape index (κ1) is 60.3. The van der Waals surface area contributed by atoms with Gasteiger partial charge in [-0.15, -0.1) is 0 Å². The van der Waals surface area contributed by atoms with Gasteiger partial charge < -0.3 is 39.5 Å². The zero-order chi connectivity index (χ0) is 54.3. The largest absolute Gasteiger partial charge is 2.00 e. The van der Waals surface area contributed by atoms with E-state index < -0.39 is 34.0 Å². The van der Waals surface area contributed by atoms with Gasteiger partial charge in [-0.05, 0) is 77.0 Å². The van der Waals surface area contributed by atoms with E-state index in [1.165, 1.54) is 33.0 Å². The number of aliphatic imine (C=N–C) groups is 2. The van der Waals surface area contributed by atoms with Crippen LogP contribution in [0.4, 0.5) is 21.0 Å². The number of nitrogens with zero attached hydrogens (tertiary/aromatic N) is 2. The number of benzene rings is 6. The van der Waals surface area contributed by atoms with Crippen molar-refractivity contribution >= 4 is 92.3 Å². The molecule has 0 atom stereocenters. The SMILES string of the molecule is CC(C)(C)c1c(O)c(OC(=O)[O-])c(C(C)(C)C)c(Cl)c1Cl.CC(C)(C)c1c(O)c(OC(=O)[O-])c(C(C)(C)C)c(Cl)c1Cl.Cc1cccc(C)c1N=C1C(=Nc2c(C)cccc2C)c2cccc3cccc1c23.[Ni+2]. The molecule has 7 rings (SSSR count). The van der Waals surface area contributed by atoms with Gasteiger partial charge in [-0.1, -0.05) is 202 Å². The van der Waals surface area contributed by atoms with E-state index in [0.717, 1.165) is 33.9 Å². The fraction of sp³-hybridized carbons (Fsp3) is 0.345. The monoisotopic (exact) mass is 1110 g/mol. The Hall–Kier alpha value is -5.29. The van der Waals surface area contributed by atoms with Crippen LogP contribution in [0.15, 0.2) is 82.8 Å². The van der Waals surface area contributed by atoms with Gasteiger partial charge in [0, 0.05) is 38.8 Å². The van der Waals surface area contributed by atoms with Gasteiger partial charge in [0.05, 0.1) is 54.4 Å². The molecular formula is C58H62Cl4N2NiO8. The molecule has 1 aliphatic carbocycles. The minimum absolute atomic E-state index is 0. The Morgan fingerprint density at radius 2 is 0.726 bits per heavy atom. The van der Waals surface area contributed by atoms with Gasteiger partial charge in [0.1, 0.15) is 11.5 Å². The van der Waals surface area contributed by atoms with Crippen molar-refractivity contribution in [2.45, 2.75) is 132 Å². The zero-order valence-corrected chi connectivity index (χ0v) is 48.0. The molecule has 0 aromatic heterocycles. The number of para-hydroxylation sites is 2. The van der Waals surface area contributed by atoms with Gasteiger partial charge in [0.15, 0.2) is 0 Å². The second kappa shape index (κ2) is 22.7. The molecule has 0 saturated carbocycles. The van der Waals surface area contributed by atoms with Crippen molar-refractivity contribution in [1.29, 1.82) is 0 Å². The van der Waals surface area contributed by atoms with E-state index in [2.05, 4.69) is 110 Å². The number of phenolic OH excluding ortho intramolecular Hbond substituents is 2. The van der Waals surface area contributed by atoms with Crippen LogP contribution in [0, 0.1) is 27.7 Å². The van der Waals surface area contributed by atoms with Gasteiger partial charge in [-0.2, -0.15) is 0 Å². The predicted molar refractivity (Wildman–Crippen MR) is 291 cm³/mol. The van der Waals surface area contributed by atoms with Crippen LogP contribution in [0.25, 0.3) is 10.8 Å². The average molecular weight is 1120 g/mol. The summed E-state index contributed by atoms with van der Waals surface area (Å²) < 4.78 is 9.37. The Balaban J connectivity index is 0.000000243. The summed E-state index contributed by atoms with van der Waals surface area (Å²) in [5.74, 6) is -1.10. The van der Waals surface area contributed by atoms with Crippen molar-refractivity contribution in [2.24, 2.45) is 9.98 Å². The molecule has 0 amide bonds. The van der Waals surface area contributed by atoms with E-state index in [1.807, 2.05) is 83.1 Å². The number of hydrogen-bond donors (Lipinski definition) is 2. The molecule has 1 aliphatic rings. The fourth-order valence-corrected chi connectivity index (χ4v) is 10.7. The molecule has 390 valence electrons. The van der Waals surface area contributed by atoms with Gasteiger partial charge in [-0.3, -0.25) is 0 Å². The van der Waals surface area contributed by atoms with Crippen LogP contribution in [0.3, 0.4) is 0 Å². The number of aryl methyl sites for hydroxylation is 4. The molecule has 0 saturated heterocycles. The number of aromatic hydroxyl groups is 2. The van der Waals surface area contributed by atoms with Crippen LogP contribution in [-0.4, -0.2) is 33.9 Å². The summed E-state index contributed by atoms with van der Waals surface area (Å²) in [7, 11) is 0. The molecule has 0 heterocycles. The smallest absolute Gasteiger partial charge is 0.510 e. The summed E-state index contributed by atoms with van der Waals surface area (Å²) in [6.07, 6.45) is -3.54. The van der Waals surface area contributed by atoms with Crippen LogP contribution in [-0.2, 0) is 38.2 Å². The van der Waals surface area contributed by atoms with Crippen molar-refractivity contribution in [3.8, 4) is 23.0 Å². The van der Waals surface area contributed by atoms with E-state index in [-0.39, 0.29) is 59.6 Å². The van der Waals surface area contributed by atoms with Crippen molar-refractivity contribution < 1.29 is 56.0 Å². The number of carbonyl (C=O) groups excluding carboxylic acids is 2. The van der Waals surface area contributed by atoms with Crippen molar-refractivity contribution in [3.05, 3.63) is 149 Å². The molecular weight excluding hydrogens is 1050 g/mol. The van der Waals surface area contributed by atoms with E-state index >= 15 is 0 Å². The minimum Gasteiger partial charge on any atom is -0.510 e. The van der Waals surface area contributed by atoms with Gasteiger partial charge in [0.25, 0.3) is 12.3 Å². The number of carboxylic acid groups (broad SMARTS) is 2. The third-order valence-electron chi connectivity index (χ3n) is 12.0. The maximum Gasteiger partial charge on any atom is 2.00 e. The molecule has 2 N–H and O–H groups in total. The van der Waals surface area contributed by atoms with Gasteiger partial charge >= 0.3 is 16.5 Å². The van der Waals surface area contributed by atoms with Crippen molar-refractivity contribution in [1.82, 2.24) is 0 Å². The number of halogens is 4. The predicted octanol–water partition coefficient (Wildman–Crippen LogP) is 15.4. The molecule has 0 bridgehead atoms. The topological polar surface area (TPSA) is 164 Å². The average Bonchev–Trinajstić information content (AvgIpc) is 3.53. The van der Waals surface area contributed by atoms with Crippen LogP contribution >= 0.6 is 46.4 Å². The molecule has 0 spiro atoms. The summed E-state index contributed by atoms with van der Waals surface area (Å²) >= 11 is 25.2. The molecule has 0 aliphatic heterocycles. The van der Waals surface area contributed by atoms with Crippen molar-refractivity contribution in [2.75, 3.05) is 0 Å². The maximum atomic E-state index is 10.8. The molecule has 0 fully saturated rings. The number of ether oxygens (including phenoxy) is 2. The summed E-state index contributed by atoms with van der Waals surface area (Å²) in [4.78, 5) is 32.1. The normalized spacial score (nSPS) is 13.5. The van der Waals surface area contributed by atoms with Gasteiger partial charge in [-0.25, -0.2) is 9.98 Å². The molecule has 6 aromatic rings. The Morgan fingerprint density at radius 1 is 0.466 bits per heavy atom. The Labute approximate surface area is 459 Å². The first-order valence-corrected chi connectivity index (χ1v) is 24.7. The number of phenols is 2. The third-order valence-corrected chi connectivity index (χ3v) is 13.7. The summed E-state index contributed by atoms with van der Waals surface area (Å²) in [5.41, 5.74) is 10.1. The van der Waals surface area contributed by atoms with Crippen LogP contribution in [0.2, 0.25) is 20.1 Å². The second-order valence-corrected chi connectivity index (χ2v) is 23.4. The molecule has 6 aromatic carbocycles. The van der Waals surface area contributed by atoms with Crippen LogP contribution in [0.5, 0.6) is 23.0 Å². The minimum atomic E-state index is -1.77. The summed E-state index contributed by atoms with van der Waals surface area (Å²) in [6.45, 7) is 30.3. The Bertz CT molecular complexity index is 2940. The zero-order valence-electron chi connectivity index (χ0n) is 44.0. The second-order valence-electron chi connectivity index (χ2n) is 21.9. The maximum absolute atomic E-state index is 10.8. The standard InChI is InChI=1S/C28H24N2.2C15H20Cl2O4.Ni/c1-17-9-5-10-18(2)25(17)29-27-22-15-7-13-21-14-8-16-23(24(21)22)28(27)30-26-19(3)11-6-12-20(26)4;2*1-14(2,3)7-9(16)10(17)8(15(4,5)6)12(11(7)18)21-13(19)20;/h5-16H,1-4H3;2*18H,1-6H3,(H,19,20);/q;;;+2/p-2. The molecule has 73 heavy (non-hydrogen) atoms. The van der Waals surface area contributed by atoms with Gasteiger partial charge in [0.2, 0.25) is 0 Å². The number of rotatable bonds is 4. The molecule has 0 radical (unpaired) electrons. The first-order valence-electron chi connectivity index (χ1n) is 23.2. The Kier molecular flexibility index (Phi) is 18.7. The first-order chi connectivity index (χ1) is 33.1. The summed E-state index contributed by atoms with van der Waals surface area (Å²) in [5, 5.41) is 45.8. The quantitative estimate of drug-likeness (QED) is 0.100. The summed E-state index contributed by atoms with van der Waals surface area (Å²) in [6, 6.07) is 25.6. The molecule has 0 unspecified atom stereocenters. The number of carbonyl (C=O) groups is 2. The van der Waals surface area contributed by atoms with Crippen LogP contribution in [0.1, 0.15) is 139 Å². The number of hydrogen-bond acceptors (Lipinski definition) is 10. The van der Waals surface area contributed by atoms with Crippen LogP contribution < -0.4 is 19.7 Å². The molecule has 10 nitrogen and oxygen atoms in total. The van der Waals surface area contributed by atoms with Crippen molar-refractivity contribution in [3.63, 3.8) is 0 Å².